The Morgan fingerprint density at radius 2 is 2.35 bits per heavy atom. The van der Waals surface area contributed by atoms with E-state index in [1.807, 2.05) is 0 Å². The maximum Gasteiger partial charge on any atom is 0.239 e. The van der Waals surface area contributed by atoms with Crippen molar-refractivity contribution < 1.29 is 4.79 Å². The van der Waals surface area contributed by atoms with E-state index in [0.29, 0.717) is 28.3 Å². The van der Waals surface area contributed by atoms with E-state index in [4.69, 9.17) is 28.9 Å². The zero-order valence-corrected chi connectivity index (χ0v) is 12.8. The summed E-state index contributed by atoms with van der Waals surface area (Å²) in [6.07, 6.45) is 2.36. The molecule has 0 spiro atoms. The molecule has 0 aliphatic carbocycles. The van der Waals surface area contributed by atoms with Gasteiger partial charge in [-0.3, -0.25) is 9.69 Å². The molecule has 0 aromatic carbocycles. The SMILES string of the molecule is CC1CN(CC(=O)Nc2ncc(Cl)cc2Cl)CCC1N. The number of likely N-dealkylation sites (tertiary alicyclic amines) is 1. The molecule has 7 heteroatoms. The number of nitrogens with two attached hydrogens (primary N) is 1. The van der Waals surface area contributed by atoms with Gasteiger partial charge in [0.05, 0.1) is 16.6 Å². The molecule has 2 atom stereocenters. The van der Waals surface area contributed by atoms with E-state index in [9.17, 15) is 4.79 Å². The Kier molecular flexibility index (Phi) is 5.21. The molecule has 1 aromatic heterocycles. The van der Waals surface area contributed by atoms with Gasteiger partial charge in [-0.15, -0.1) is 0 Å². The largest absolute Gasteiger partial charge is 0.327 e. The molecule has 3 N–H and O–H groups in total. The van der Waals surface area contributed by atoms with Gasteiger partial charge in [0, 0.05) is 25.3 Å². The lowest BCUT2D eigenvalue weighted by atomic mass is 9.95. The number of piperidine rings is 1. The van der Waals surface area contributed by atoms with Crippen LogP contribution in [-0.4, -0.2) is 41.5 Å². The van der Waals surface area contributed by atoms with E-state index >= 15 is 0 Å². The predicted molar refractivity (Wildman–Crippen MR) is 81.1 cm³/mol. The van der Waals surface area contributed by atoms with Gasteiger partial charge in [-0.1, -0.05) is 30.1 Å². The zero-order chi connectivity index (χ0) is 14.7. The van der Waals surface area contributed by atoms with Gasteiger partial charge in [-0.25, -0.2) is 4.98 Å². The van der Waals surface area contributed by atoms with Gasteiger partial charge in [-0.05, 0) is 18.4 Å². The fourth-order valence-electron chi connectivity index (χ4n) is 2.27. The zero-order valence-electron chi connectivity index (χ0n) is 11.3. The smallest absolute Gasteiger partial charge is 0.239 e. The number of aromatic nitrogens is 1. The highest BCUT2D eigenvalue weighted by atomic mass is 35.5. The molecule has 1 amide bonds. The van der Waals surface area contributed by atoms with Crippen LogP contribution in [0.5, 0.6) is 0 Å². The molecule has 2 rings (SSSR count). The van der Waals surface area contributed by atoms with Crippen LogP contribution >= 0.6 is 23.2 Å². The Morgan fingerprint density at radius 1 is 1.60 bits per heavy atom. The monoisotopic (exact) mass is 316 g/mol. The second-order valence-corrected chi connectivity index (χ2v) is 6.04. The minimum atomic E-state index is -0.135. The predicted octanol–water partition coefficient (Wildman–Crippen LogP) is 2.00. The first-order chi connectivity index (χ1) is 9.45. The van der Waals surface area contributed by atoms with Gasteiger partial charge in [-0.2, -0.15) is 0 Å². The molecule has 0 radical (unpaired) electrons. The van der Waals surface area contributed by atoms with Crippen LogP contribution in [0.4, 0.5) is 5.82 Å². The Labute approximate surface area is 128 Å². The minimum Gasteiger partial charge on any atom is -0.327 e. The number of hydrogen-bond acceptors (Lipinski definition) is 4. The lowest BCUT2D eigenvalue weighted by molar-refractivity contribution is -0.117. The van der Waals surface area contributed by atoms with Gasteiger partial charge in [0.1, 0.15) is 0 Å². The molecule has 110 valence electrons. The number of pyridine rings is 1. The van der Waals surface area contributed by atoms with E-state index in [1.165, 1.54) is 6.20 Å². The van der Waals surface area contributed by atoms with E-state index in [-0.39, 0.29) is 11.9 Å². The number of anilines is 1. The minimum absolute atomic E-state index is 0.135. The topological polar surface area (TPSA) is 71.2 Å². The number of carbonyl (C=O) groups excluding carboxylic acids is 1. The van der Waals surface area contributed by atoms with Crippen molar-refractivity contribution in [1.29, 1.82) is 0 Å². The van der Waals surface area contributed by atoms with Crippen molar-refractivity contribution in [3.8, 4) is 0 Å². The highest BCUT2D eigenvalue weighted by Gasteiger charge is 2.24. The van der Waals surface area contributed by atoms with Crippen LogP contribution in [0.2, 0.25) is 10.0 Å². The first kappa shape index (κ1) is 15.5. The Balaban J connectivity index is 1.89. The van der Waals surface area contributed by atoms with E-state index in [2.05, 4.69) is 22.1 Å². The summed E-state index contributed by atoms with van der Waals surface area (Å²) >= 11 is 11.7. The van der Waals surface area contributed by atoms with Crippen LogP contribution in [-0.2, 0) is 4.79 Å². The number of carbonyl (C=O) groups is 1. The lowest BCUT2D eigenvalue weighted by Gasteiger charge is -2.34. The van der Waals surface area contributed by atoms with Crippen molar-refractivity contribution in [2.45, 2.75) is 19.4 Å². The summed E-state index contributed by atoms with van der Waals surface area (Å²) in [5.74, 6) is 0.598. The molecule has 1 fully saturated rings. The number of nitrogens with zero attached hydrogens (tertiary/aromatic N) is 2. The van der Waals surface area contributed by atoms with E-state index in [0.717, 1.165) is 19.5 Å². The molecule has 1 saturated heterocycles. The van der Waals surface area contributed by atoms with Crippen molar-refractivity contribution in [2.24, 2.45) is 11.7 Å². The molecule has 2 heterocycles. The first-order valence-corrected chi connectivity index (χ1v) is 7.30. The second-order valence-electron chi connectivity index (χ2n) is 5.20. The summed E-state index contributed by atoms with van der Waals surface area (Å²) in [6.45, 7) is 4.08. The van der Waals surface area contributed by atoms with Gasteiger partial charge < -0.3 is 11.1 Å². The van der Waals surface area contributed by atoms with Crippen LogP contribution < -0.4 is 11.1 Å². The van der Waals surface area contributed by atoms with Gasteiger partial charge >= 0.3 is 0 Å². The average molecular weight is 317 g/mol. The van der Waals surface area contributed by atoms with E-state index in [1.54, 1.807) is 6.07 Å². The average Bonchev–Trinajstić information content (AvgIpc) is 2.37. The summed E-state index contributed by atoms with van der Waals surface area (Å²) in [7, 11) is 0. The second kappa shape index (κ2) is 6.72. The number of amides is 1. The number of nitrogens with one attached hydrogen (secondary N) is 1. The Morgan fingerprint density at radius 3 is 3.00 bits per heavy atom. The molecular formula is C13H18Cl2N4O. The van der Waals surface area contributed by atoms with Crippen LogP contribution in [0.25, 0.3) is 0 Å². The fraction of sp³-hybridized carbons (Fsp3) is 0.538. The van der Waals surface area contributed by atoms with Crippen molar-refractivity contribution in [3.63, 3.8) is 0 Å². The molecule has 0 bridgehead atoms. The molecule has 20 heavy (non-hydrogen) atoms. The van der Waals surface area contributed by atoms with Crippen molar-refractivity contribution >= 4 is 34.9 Å². The van der Waals surface area contributed by atoms with Crippen molar-refractivity contribution in [2.75, 3.05) is 25.0 Å². The van der Waals surface area contributed by atoms with Crippen molar-refractivity contribution in [3.05, 3.63) is 22.3 Å². The summed E-state index contributed by atoms with van der Waals surface area (Å²) in [5.41, 5.74) is 5.96. The number of halogens is 2. The molecule has 5 nitrogen and oxygen atoms in total. The van der Waals surface area contributed by atoms with Crippen LogP contribution in [0, 0.1) is 5.92 Å². The maximum absolute atomic E-state index is 12.0. The fourth-order valence-corrected chi connectivity index (χ4v) is 2.70. The summed E-state index contributed by atoms with van der Waals surface area (Å²) < 4.78 is 0. The highest BCUT2D eigenvalue weighted by molar-refractivity contribution is 6.36. The molecule has 1 aliphatic heterocycles. The van der Waals surface area contributed by atoms with Crippen LogP contribution in [0.1, 0.15) is 13.3 Å². The van der Waals surface area contributed by atoms with Gasteiger partial charge in [0.2, 0.25) is 5.91 Å². The first-order valence-electron chi connectivity index (χ1n) is 6.54. The third-order valence-electron chi connectivity index (χ3n) is 3.49. The van der Waals surface area contributed by atoms with Crippen molar-refractivity contribution in [1.82, 2.24) is 9.88 Å². The summed E-state index contributed by atoms with van der Waals surface area (Å²) in [4.78, 5) is 18.1. The Hall–Kier alpha value is -0.880. The number of rotatable bonds is 3. The maximum atomic E-state index is 12.0. The molecule has 1 aliphatic rings. The normalized spacial score (nSPS) is 23.6. The third-order valence-corrected chi connectivity index (χ3v) is 3.98. The molecule has 1 aromatic rings. The Bertz CT molecular complexity index is 497. The highest BCUT2D eigenvalue weighted by Crippen LogP contribution is 2.22. The standard InChI is InChI=1S/C13H18Cl2N4O/c1-8-6-19(3-2-11(8)16)7-12(20)18-13-10(15)4-9(14)5-17-13/h4-5,8,11H,2-3,6-7,16H2,1H3,(H,17,18,20). The molecule has 0 saturated carbocycles. The number of hydrogen-bond donors (Lipinski definition) is 2. The summed E-state index contributed by atoms with van der Waals surface area (Å²) in [5, 5.41) is 3.47. The summed E-state index contributed by atoms with van der Waals surface area (Å²) in [6, 6.07) is 1.77. The van der Waals surface area contributed by atoms with E-state index < -0.39 is 0 Å². The quantitative estimate of drug-likeness (QED) is 0.894. The van der Waals surface area contributed by atoms with Crippen LogP contribution in [0.15, 0.2) is 12.3 Å². The van der Waals surface area contributed by atoms with Gasteiger partial charge in [0.25, 0.3) is 0 Å². The van der Waals surface area contributed by atoms with Gasteiger partial charge in [0.15, 0.2) is 5.82 Å². The lowest BCUT2D eigenvalue weighted by Crippen LogP contribution is -2.48. The van der Waals surface area contributed by atoms with Crippen LogP contribution in [0.3, 0.4) is 0 Å². The third kappa shape index (κ3) is 4.06. The molecule has 2 unspecified atom stereocenters. The molecular weight excluding hydrogens is 299 g/mol.